The second kappa shape index (κ2) is 11.5. The second-order valence-electron chi connectivity index (χ2n) is 11.0. The Morgan fingerprint density at radius 2 is 1.95 bits per heavy atom. The van der Waals surface area contributed by atoms with Gasteiger partial charge in [0.15, 0.2) is 0 Å². The zero-order chi connectivity index (χ0) is 28.6. The van der Waals surface area contributed by atoms with E-state index in [2.05, 4.69) is 31.9 Å². The topological polar surface area (TPSA) is 101 Å². The molecular formula is C29H37ClN8O2. The normalized spacial score (nSPS) is 16.3. The molecule has 2 N–H and O–H groups in total. The van der Waals surface area contributed by atoms with Crippen molar-refractivity contribution in [3.63, 3.8) is 0 Å². The number of pyridine rings is 1. The largest absolute Gasteiger partial charge is 0.368 e. The van der Waals surface area contributed by atoms with E-state index in [4.69, 9.17) is 16.6 Å². The molecule has 0 aliphatic carbocycles. The molecule has 2 aliphatic rings. The molecule has 2 aliphatic heterocycles. The number of aromatic amines is 1. The average Bonchev–Trinajstić information content (AvgIpc) is 3.39. The number of hydrogen-bond donors (Lipinski definition) is 2. The van der Waals surface area contributed by atoms with Crippen molar-refractivity contribution in [3.05, 3.63) is 58.5 Å². The van der Waals surface area contributed by atoms with E-state index in [1.54, 1.807) is 0 Å². The van der Waals surface area contributed by atoms with Crippen molar-refractivity contribution in [2.24, 2.45) is 0 Å². The average molecular weight is 565 g/mol. The first-order valence-electron chi connectivity index (χ1n) is 13.7. The highest BCUT2D eigenvalue weighted by Crippen LogP contribution is 2.39. The fourth-order valence-electron chi connectivity index (χ4n) is 5.79. The molecule has 0 spiro atoms. The fraction of sp³-hybridized carbons (Fsp3) is 0.448. The van der Waals surface area contributed by atoms with Crippen LogP contribution in [0, 0.1) is 6.92 Å². The lowest BCUT2D eigenvalue weighted by molar-refractivity contribution is -0.126. The summed E-state index contributed by atoms with van der Waals surface area (Å²) in [6, 6.07) is 3.90. The predicted octanol–water partition coefficient (Wildman–Crippen LogP) is 3.00. The molecule has 0 radical (unpaired) electrons. The van der Waals surface area contributed by atoms with Gasteiger partial charge in [-0.1, -0.05) is 18.2 Å². The van der Waals surface area contributed by atoms with Gasteiger partial charge in [0.25, 0.3) is 5.91 Å². The van der Waals surface area contributed by atoms with Gasteiger partial charge in [-0.25, -0.2) is 4.98 Å². The third-order valence-electron chi connectivity index (χ3n) is 7.67. The Morgan fingerprint density at radius 3 is 2.65 bits per heavy atom. The van der Waals surface area contributed by atoms with E-state index in [9.17, 15) is 9.59 Å². The highest BCUT2D eigenvalue weighted by Gasteiger charge is 2.30. The number of carbonyl (C=O) groups is 2. The van der Waals surface area contributed by atoms with E-state index < -0.39 is 0 Å². The van der Waals surface area contributed by atoms with E-state index >= 15 is 0 Å². The number of benzene rings is 1. The van der Waals surface area contributed by atoms with Crippen molar-refractivity contribution in [2.75, 3.05) is 63.2 Å². The summed E-state index contributed by atoms with van der Waals surface area (Å²) in [5.74, 6) is -0.246. The number of halogens is 1. The monoisotopic (exact) mass is 564 g/mol. The highest BCUT2D eigenvalue weighted by atomic mass is 35.5. The van der Waals surface area contributed by atoms with E-state index in [0.29, 0.717) is 43.4 Å². The Balaban J connectivity index is 1.50. The maximum Gasteiger partial charge on any atom is 0.270 e. The first kappa shape index (κ1) is 27.9. The molecule has 3 aromatic rings. The molecule has 2 aromatic heterocycles. The smallest absolute Gasteiger partial charge is 0.270 e. The number of likely N-dealkylation sites (N-methyl/N-ethyl adjacent to an activating group) is 1. The molecular weight excluding hydrogens is 528 g/mol. The van der Waals surface area contributed by atoms with Gasteiger partial charge in [-0.15, -0.1) is 0 Å². The Hall–Kier alpha value is -3.63. The van der Waals surface area contributed by atoms with E-state index in [1.165, 1.54) is 6.08 Å². The van der Waals surface area contributed by atoms with Crippen molar-refractivity contribution in [1.82, 2.24) is 30.3 Å². The van der Waals surface area contributed by atoms with Crippen LogP contribution in [0.15, 0.2) is 31.0 Å². The minimum absolute atomic E-state index is 0.0331. The fourth-order valence-corrected chi connectivity index (χ4v) is 6.06. The first-order chi connectivity index (χ1) is 19.2. The molecule has 2 amide bonds. The van der Waals surface area contributed by atoms with E-state index in [0.717, 1.165) is 58.6 Å². The number of nitrogens with one attached hydrogen (secondary N) is 2. The van der Waals surface area contributed by atoms with Gasteiger partial charge >= 0.3 is 0 Å². The van der Waals surface area contributed by atoms with Crippen LogP contribution in [0.1, 0.15) is 34.2 Å². The minimum atomic E-state index is -0.193. The number of aryl methyl sites for hydroxylation is 1. The maximum atomic E-state index is 13.4. The summed E-state index contributed by atoms with van der Waals surface area (Å²) in [5.41, 5.74) is 6.27. The van der Waals surface area contributed by atoms with Crippen molar-refractivity contribution in [1.29, 1.82) is 0 Å². The molecule has 1 saturated heterocycles. The molecule has 0 saturated carbocycles. The summed E-state index contributed by atoms with van der Waals surface area (Å²) < 4.78 is 0. The van der Waals surface area contributed by atoms with Crippen LogP contribution in [-0.4, -0.2) is 96.2 Å². The quantitative estimate of drug-likeness (QED) is 0.425. The van der Waals surface area contributed by atoms with Crippen LogP contribution in [0.2, 0.25) is 5.02 Å². The van der Waals surface area contributed by atoms with Gasteiger partial charge in [0, 0.05) is 61.9 Å². The zero-order valence-electron chi connectivity index (χ0n) is 23.6. The van der Waals surface area contributed by atoms with Gasteiger partial charge in [0.1, 0.15) is 5.69 Å². The number of rotatable bonds is 7. The third-order valence-corrected chi connectivity index (χ3v) is 8.15. The molecule has 1 unspecified atom stereocenters. The van der Waals surface area contributed by atoms with Gasteiger partial charge in [0.2, 0.25) is 5.91 Å². The Labute approximate surface area is 240 Å². The number of carbonyl (C=O) groups excluding carboxylic acids is 2. The van der Waals surface area contributed by atoms with Gasteiger partial charge in [-0.2, -0.15) is 5.10 Å². The van der Waals surface area contributed by atoms with Crippen molar-refractivity contribution in [3.8, 4) is 0 Å². The first-order valence-corrected chi connectivity index (χ1v) is 14.1. The molecule has 11 heteroatoms. The standard InChI is InChI=1S/C29H37ClN8O2/c1-6-26(39)37-11-9-36(10-12-37)25-14-23(29(40)32-19(3)16-35(4)5)33-24-17-38(8-7-20(24)25)28-21-15-31-34-22(21)13-18(2)27(28)30/h6,13-15,19H,1,7-12,16-17H2,2-5H3,(H,31,34)(H,32,40). The third kappa shape index (κ3) is 5.51. The van der Waals surface area contributed by atoms with Crippen LogP contribution in [0.25, 0.3) is 10.9 Å². The van der Waals surface area contributed by atoms with Gasteiger partial charge in [0.05, 0.1) is 34.7 Å². The highest BCUT2D eigenvalue weighted by molar-refractivity contribution is 6.35. The summed E-state index contributed by atoms with van der Waals surface area (Å²) in [6.07, 6.45) is 3.93. The summed E-state index contributed by atoms with van der Waals surface area (Å²) >= 11 is 6.85. The number of H-pyrrole nitrogens is 1. The number of amides is 2. The van der Waals surface area contributed by atoms with Crippen LogP contribution in [0.3, 0.4) is 0 Å². The van der Waals surface area contributed by atoms with Crippen LogP contribution in [0.4, 0.5) is 11.4 Å². The molecule has 40 heavy (non-hydrogen) atoms. The number of piperazine rings is 1. The molecule has 1 aromatic carbocycles. The number of hydrogen-bond acceptors (Lipinski definition) is 7. The van der Waals surface area contributed by atoms with Crippen molar-refractivity contribution >= 4 is 45.7 Å². The molecule has 5 rings (SSSR count). The van der Waals surface area contributed by atoms with E-state index in [1.807, 2.05) is 56.1 Å². The van der Waals surface area contributed by atoms with Crippen molar-refractivity contribution in [2.45, 2.75) is 32.9 Å². The molecule has 0 bridgehead atoms. The summed E-state index contributed by atoms with van der Waals surface area (Å²) in [7, 11) is 3.97. The predicted molar refractivity (Wildman–Crippen MR) is 159 cm³/mol. The summed E-state index contributed by atoms with van der Waals surface area (Å²) in [4.78, 5) is 38.8. The molecule has 1 fully saturated rings. The minimum Gasteiger partial charge on any atom is -0.368 e. The van der Waals surface area contributed by atoms with Crippen LogP contribution in [0.5, 0.6) is 0 Å². The number of anilines is 2. The summed E-state index contributed by atoms with van der Waals surface area (Å²) in [6.45, 7) is 12.2. The Morgan fingerprint density at radius 1 is 1.20 bits per heavy atom. The summed E-state index contributed by atoms with van der Waals surface area (Å²) in [5, 5.41) is 12.1. The van der Waals surface area contributed by atoms with Gasteiger partial charge < -0.3 is 24.9 Å². The van der Waals surface area contributed by atoms with Gasteiger partial charge in [-0.05, 0) is 58.1 Å². The number of fused-ring (bicyclic) bond motifs is 2. The Bertz CT molecular complexity index is 1440. The Kier molecular flexibility index (Phi) is 8.00. The molecule has 4 heterocycles. The SMILES string of the molecule is C=CC(=O)N1CCN(c2cc(C(=O)NC(C)CN(C)C)nc3c2CCN(c2c(Cl)c(C)cc4[nH]ncc24)C3)CC1. The van der Waals surface area contributed by atoms with Crippen LogP contribution < -0.4 is 15.1 Å². The molecule has 10 nitrogen and oxygen atoms in total. The van der Waals surface area contributed by atoms with Crippen LogP contribution >= 0.6 is 11.6 Å². The van der Waals surface area contributed by atoms with E-state index in [-0.39, 0.29) is 17.9 Å². The number of aromatic nitrogens is 3. The maximum absolute atomic E-state index is 13.4. The second-order valence-corrected chi connectivity index (χ2v) is 11.3. The lowest BCUT2D eigenvalue weighted by atomic mass is 9.99. The van der Waals surface area contributed by atoms with Gasteiger partial charge in [-0.3, -0.25) is 14.7 Å². The lowest BCUT2D eigenvalue weighted by Crippen LogP contribution is -2.49. The van der Waals surface area contributed by atoms with Crippen LogP contribution in [-0.2, 0) is 17.8 Å². The molecule has 1 atom stereocenters. The lowest BCUT2D eigenvalue weighted by Gasteiger charge is -2.39. The zero-order valence-corrected chi connectivity index (χ0v) is 24.4. The number of nitrogens with zero attached hydrogens (tertiary/aromatic N) is 6. The van der Waals surface area contributed by atoms with Crippen molar-refractivity contribution < 1.29 is 9.59 Å². The molecule has 212 valence electrons.